The van der Waals surface area contributed by atoms with Crippen LogP contribution in [0.2, 0.25) is 0 Å². The van der Waals surface area contributed by atoms with Crippen molar-refractivity contribution in [1.29, 1.82) is 0 Å². The molecule has 6 rings (SSSR count). The summed E-state index contributed by atoms with van der Waals surface area (Å²) >= 11 is 0. The third kappa shape index (κ3) is 2.13. The molecule has 1 saturated heterocycles. The molecule has 0 aromatic heterocycles. The third-order valence-corrected chi connectivity index (χ3v) is 6.23. The number of anilines is 1. The number of benzene rings is 2. The van der Waals surface area contributed by atoms with Gasteiger partial charge in [0.1, 0.15) is 23.5 Å². The SMILES string of the molecule is O=C1N(CC2COCCO2)c2ccccc2C12COc1cc3c(cc12)CCO3. The van der Waals surface area contributed by atoms with Gasteiger partial charge in [-0.1, -0.05) is 18.2 Å². The maximum Gasteiger partial charge on any atom is 0.245 e. The fourth-order valence-corrected chi connectivity index (χ4v) is 4.87. The molecule has 28 heavy (non-hydrogen) atoms. The first kappa shape index (κ1) is 16.4. The molecule has 2 unspecified atom stereocenters. The van der Waals surface area contributed by atoms with Crippen molar-refractivity contribution in [2.45, 2.75) is 17.9 Å². The zero-order chi connectivity index (χ0) is 18.7. The molecule has 1 fully saturated rings. The van der Waals surface area contributed by atoms with Crippen molar-refractivity contribution in [2.24, 2.45) is 0 Å². The predicted octanol–water partition coefficient (Wildman–Crippen LogP) is 2.06. The van der Waals surface area contributed by atoms with Gasteiger partial charge >= 0.3 is 0 Å². The number of nitrogens with zero attached hydrogens (tertiary/aromatic N) is 1. The van der Waals surface area contributed by atoms with Gasteiger partial charge in [0.25, 0.3) is 0 Å². The highest BCUT2D eigenvalue weighted by Gasteiger charge is 2.57. The highest BCUT2D eigenvalue weighted by atomic mass is 16.6. The van der Waals surface area contributed by atoms with Crippen LogP contribution in [-0.4, -0.2) is 51.6 Å². The summed E-state index contributed by atoms with van der Waals surface area (Å²) in [4.78, 5) is 15.7. The number of ether oxygens (including phenoxy) is 4. The minimum Gasteiger partial charge on any atom is -0.493 e. The molecule has 0 saturated carbocycles. The number of rotatable bonds is 2. The van der Waals surface area contributed by atoms with E-state index in [4.69, 9.17) is 18.9 Å². The lowest BCUT2D eigenvalue weighted by atomic mass is 9.76. The normalized spacial score (nSPS) is 27.4. The lowest BCUT2D eigenvalue weighted by Crippen LogP contribution is -2.47. The quantitative estimate of drug-likeness (QED) is 0.800. The van der Waals surface area contributed by atoms with Gasteiger partial charge in [0.05, 0.1) is 39.1 Å². The Bertz CT molecular complexity index is 967. The number of amides is 1. The van der Waals surface area contributed by atoms with Crippen LogP contribution in [0.3, 0.4) is 0 Å². The van der Waals surface area contributed by atoms with E-state index in [9.17, 15) is 4.79 Å². The zero-order valence-corrected chi connectivity index (χ0v) is 15.5. The number of fused-ring (bicyclic) bond motifs is 5. The molecule has 4 aliphatic rings. The molecule has 2 aromatic rings. The molecule has 0 radical (unpaired) electrons. The van der Waals surface area contributed by atoms with Gasteiger partial charge in [-0.05, 0) is 23.3 Å². The minimum absolute atomic E-state index is 0.0560. The van der Waals surface area contributed by atoms with Crippen LogP contribution >= 0.6 is 0 Å². The minimum atomic E-state index is -0.793. The maximum absolute atomic E-state index is 13.8. The number of hydrogen-bond acceptors (Lipinski definition) is 5. The Morgan fingerprint density at radius 1 is 1.04 bits per heavy atom. The summed E-state index contributed by atoms with van der Waals surface area (Å²) in [5, 5.41) is 0. The van der Waals surface area contributed by atoms with Crippen molar-refractivity contribution in [1.82, 2.24) is 0 Å². The topological polar surface area (TPSA) is 57.2 Å². The second-order valence-corrected chi connectivity index (χ2v) is 7.75. The van der Waals surface area contributed by atoms with Crippen LogP contribution in [0.4, 0.5) is 5.69 Å². The lowest BCUT2D eigenvalue weighted by molar-refractivity contribution is -0.123. The van der Waals surface area contributed by atoms with Gasteiger partial charge in [-0.3, -0.25) is 4.79 Å². The first-order chi connectivity index (χ1) is 13.8. The van der Waals surface area contributed by atoms with Crippen LogP contribution in [0.5, 0.6) is 11.5 Å². The second-order valence-electron chi connectivity index (χ2n) is 7.75. The molecule has 6 nitrogen and oxygen atoms in total. The van der Waals surface area contributed by atoms with Gasteiger partial charge in [-0.15, -0.1) is 0 Å². The zero-order valence-electron chi connectivity index (χ0n) is 15.5. The van der Waals surface area contributed by atoms with E-state index in [0.29, 0.717) is 39.6 Å². The van der Waals surface area contributed by atoms with Crippen molar-refractivity contribution in [3.05, 3.63) is 53.1 Å². The van der Waals surface area contributed by atoms with Crippen LogP contribution in [0.25, 0.3) is 0 Å². The third-order valence-electron chi connectivity index (χ3n) is 6.23. The van der Waals surface area contributed by atoms with Gasteiger partial charge in [-0.25, -0.2) is 0 Å². The van der Waals surface area contributed by atoms with Crippen LogP contribution in [0.15, 0.2) is 36.4 Å². The molecule has 0 bridgehead atoms. The van der Waals surface area contributed by atoms with Crippen molar-refractivity contribution < 1.29 is 23.7 Å². The van der Waals surface area contributed by atoms with E-state index in [2.05, 4.69) is 6.07 Å². The Morgan fingerprint density at radius 3 is 2.86 bits per heavy atom. The lowest BCUT2D eigenvalue weighted by Gasteiger charge is -2.29. The summed E-state index contributed by atoms with van der Waals surface area (Å²) in [5.74, 6) is 1.68. The Hall–Kier alpha value is -2.57. The first-order valence-electron chi connectivity index (χ1n) is 9.81. The van der Waals surface area contributed by atoms with Gasteiger partial charge in [0.2, 0.25) is 5.91 Å². The second kappa shape index (κ2) is 5.96. The number of carbonyl (C=O) groups is 1. The Morgan fingerprint density at radius 2 is 1.96 bits per heavy atom. The van der Waals surface area contributed by atoms with E-state index in [1.807, 2.05) is 35.2 Å². The Balaban J connectivity index is 1.46. The largest absolute Gasteiger partial charge is 0.493 e. The molecule has 0 aliphatic carbocycles. The van der Waals surface area contributed by atoms with Crippen LogP contribution in [0.1, 0.15) is 16.7 Å². The molecule has 144 valence electrons. The van der Waals surface area contributed by atoms with Gasteiger partial charge in [0.15, 0.2) is 0 Å². The highest BCUT2D eigenvalue weighted by molar-refractivity contribution is 6.11. The summed E-state index contributed by atoms with van der Waals surface area (Å²) in [7, 11) is 0. The molecule has 6 heteroatoms. The van der Waals surface area contributed by atoms with E-state index >= 15 is 0 Å². The molecule has 1 amide bonds. The van der Waals surface area contributed by atoms with E-state index < -0.39 is 5.41 Å². The van der Waals surface area contributed by atoms with Crippen LogP contribution in [0, 0.1) is 0 Å². The molecular formula is C22H21NO5. The Kier molecular flexibility index (Phi) is 3.49. The molecule has 4 heterocycles. The monoisotopic (exact) mass is 379 g/mol. The van der Waals surface area contributed by atoms with Crippen molar-refractivity contribution in [2.75, 3.05) is 44.5 Å². The molecule has 1 spiro atoms. The van der Waals surface area contributed by atoms with E-state index in [0.717, 1.165) is 40.3 Å². The first-order valence-corrected chi connectivity index (χ1v) is 9.81. The smallest absolute Gasteiger partial charge is 0.245 e. The van der Waals surface area contributed by atoms with Crippen molar-refractivity contribution in [3.8, 4) is 11.5 Å². The van der Waals surface area contributed by atoms with E-state index in [1.165, 1.54) is 0 Å². The van der Waals surface area contributed by atoms with Gasteiger partial charge in [-0.2, -0.15) is 0 Å². The summed E-state index contributed by atoms with van der Waals surface area (Å²) in [5.41, 5.74) is 3.26. The van der Waals surface area contributed by atoms with Crippen LogP contribution < -0.4 is 14.4 Å². The highest BCUT2D eigenvalue weighted by Crippen LogP contribution is 2.53. The molecular weight excluding hydrogens is 358 g/mol. The van der Waals surface area contributed by atoms with Gasteiger partial charge < -0.3 is 23.8 Å². The summed E-state index contributed by atoms with van der Waals surface area (Å²) in [6.07, 6.45) is 0.752. The molecule has 0 N–H and O–H groups in total. The summed E-state index contributed by atoms with van der Waals surface area (Å²) in [6.45, 7) is 3.18. The number of carbonyl (C=O) groups excluding carboxylic acids is 1. The fourth-order valence-electron chi connectivity index (χ4n) is 4.87. The maximum atomic E-state index is 13.8. The summed E-state index contributed by atoms with van der Waals surface area (Å²) in [6, 6.07) is 12.1. The van der Waals surface area contributed by atoms with Crippen LogP contribution in [-0.2, 0) is 26.1 Å². The standard InChI is InChI=1S/C22H21NO5/c24-21-22(13-28-20-10-19-14(5-6-27-19)9-17(20)22)16-3-1-2-4-18(16)23(21)11-15-12-25-7-8-26-15/h1-4,9-10,15H,5-8,11-13H2. The predicted molar refractivity (Wildman–Crippen MR) is 101 cm³/mol. The number of hydrogen-bond donors (Lipinski definition) is 0. The fraction of sp³-hybridized carbons (Fsp3) is 0.409. The Labute approximate surface area is 162 Å². The molecule has 4 aliphatic heterocycles. The number of para-hydroxylation sites is 1. The van der Waals surface area contributed by atoms with Crippen molar-refractivity contribution >= 4 is 11.6 Å². The molecule has 2 aromatic carbocycles. The average molecular weight is 379 g/mol. The van der Waals surface area contributed by atoms with Gasteiger partial charge in [0, 0.05) is 23.7 Å². The average Bonchev–Trinajstić information content (AvgIpc) is 3.40. The summed E-state index contributed by atoms with van der Waals surface area (Å²) < 4.78 is 23.1. The van der Waals surface area contributed by atoms with E-state index in [-0.39, 0.29) is 12.0 Å². The van der Waals surface area contributed by atoms with E-state index in [1.54, 1.807) is 0 Å². The van der Waals surface area contributed by atoms with Crippen molar-refractivity contribution in [3.63, 3.8) is 0 Å². The molecule has 2 atom stereocenters.